The monoisotopic (exact) mass is 343 g/mol. The van der Waals surface area contributed by atoms with Gasteiger partial charge in [-0.3, -0.25) is 9.69 Å². The molecule has 1 fully saturated rings. The Hall–Kier alpha value is -1.88. The van der Waals surface area contributed by atoms with E-state index in [1.165, 1.54) is 0 Å². The summed E-state index contributed by atoms with van der Waals surface area (Å²) in [5.41, 5.74) is 1.96. The lowest BCUT2D eigenvalue weighted by atomic mass is 10.0. The average Bonchev–Trinajstić information content (AvgIpc) is 2.62. The van der Waals surface area contributed by atoms with Gasteiger partial charge in [-0.15, -0.1) is 0 Å². The Morgan fingerprint density at radius 3 is 2.71 bits per heavy atom. The summed E-state index contributed by atoms with van der Waals surface area (Å²) in [5, 5.41) is 7.14. The summed E-state index contributed by atoms with van der Waals surface area (Å²) in [4.78, 5) is 14.5. The van der Waals surface area contributed by atoms with Crippen molar-refractivity contribution in [2.75, 3.05) is 31.5 Å². The van der Waals surface area contributed by atoms with E-state index in [1.807, 2.05) is 48.5 Å². The molecule has 0 aliphatic carbocycles. The van der Waals surface area contributed by atoms with E-state index in [0.29, 0.717) is 6.42 Å². The van der Waals surface area contributed by atoms with E-state index in [2.05, 4.69) is 21.6 Å². The SMILES string of the molecule is O=C(CCN1CCNCC1c1ccccc1Cl)Nc1ccccc1. The predicted octanol–water partition coefficient (Wildman–Crippen LogP) is 3.32. The van der Waals surface area contributed by atoms with Crippen molar-refractivity contribution in [2.24, 2.45) is 0 Å². The lowest BCUT2D eigenvalue weighted by Crippen LogP contribution is -2.46. The molecule has 24 heavy (non-hydrogen) atoms. The van der Waals surface area contributed by atoms with Gasteiger partial charge in [0.05, 0.1) is 0 Å². The van der Waals surface area contributed by atoms with Crippen molar-refractivity contribution in [3.8, 4) is 0 Å². The van der Waals surface area contributed by atoms with Gasteiger partial charge < -0.3 is 10.6 Å². The number of hydrogen-bond donors (Lipinski definition) is 2. The molecule has 2 aromatic carbocycles. The van der Waals surface area contributed by atoms with Crippen LogP contribution in [-0.2, 0) is 4.79 Å². The summed E-state index contributed by atoms with van der Waals surface area (Å²) in [6.07, 6.45) is 0.468. The maximum atomic E-state index is 12.2. The molecule has 1 aliphatic heterocycles. The minimum Gasteiger partial charge on any atom is -0.326 e. The largest absolute Gasteiger partial charge is 0.326 e. The van der Waals surface area contributed by atoms with Gasteiger partial charge in [-0.25, -0.2) is 0 Å². The molecule has 1 heterocycles. The molecule has 1 unspecified atom stereocenters. The number of amides is 1. The third-order valence-electron chi connectivity index (χ3n) is 4.30. The maximum absolute atomic E-state index is 12.2. The lowest BCUT2D eigenvalue weighted by molar-refractivity contribution is -0.116. The molecule has 1 saturated heterocycles. The topological polar surface area (TPSA) is 44.4 Å². The number of benzene rings is 2. The van der Waals surface area contributed by atoms with Crippen molar-refractivity contribution in [2.45, 2.75) is 12.5 Å². The standard InChI is InChI=1S/C19H22ClN3O/c20-17-9-5-4-8-16(17)18-14-21-11-13-23(18)12-10-19(24)22-15-6-2-1-3-7-15/h1-9,18,21H,10-14H2,(H,22,24). The van der Waals surface area contributed by atoms with E-state index in [1.54, 1.807) is 0 Å². The van der Waals surface area contributed by atoms with Crippen molar-refractivity contribution < 1.29 is 4.79 Å². The number of rotatable bonds is 5. The normalized spacial score (nSPS) is 18.3. The summed E-state index contributed by atoms with van der Waals surface area (Å²) >= 11 is 6.36. The van der Waals surface area contributed by atoms with Gasteiger partial charge in [-0.2, -0.15) is 0 Å². The number of para-hydroxylation sites is 1. The molecule has 0 bridgehead atoms. The Morgan fingerprint density at radius 2 is 1.92 bits per heavy atom. The molecule has 1 atom stereocenters. The number of nitrogens with zero attached hydrogens (tertiary/aromatic N) is 1. The minimum absolute atomic E-state index is 0.0395. The Bertz CT molecular complexity index is 677. The molecule has 1 amide bonds. The smallest absolute Gasteiger partial charge is 0.225 e. The molecule has 0 spiro atoms. The number of hydrogen-bond acceptors (Lipinski definition) is 3. The zero-order chi connectivity index (χ0) is 16.8. The van der Waals surface area contributed by atoms with Crippen molar-refractivity contribution in [3.63, 3.8) is 0 Å². The van der Waals surface area contributed by atoms with Crippen LogP contribution in [0.2, 0.25) is 5.02 Å². The second-order valence-electron chi connectivity index (χ2n) is 5.94. The van der Waals surface area contributed by atoms with E-state index in [-0.39, 0.29) is 11.9 Å². The molecule has 2 aromatic rings. The molecule has 0 radical (unpaired) electrons. The van der Waals surface area contributed by atoms with Crippen LogP contribution in [0.1, 0.15) is 18.0 Å². The Labute approximate surface area is 147 Å². The van der Waals surface area contributed by atoms with Crippen molar-refractivity contribution >= 4 is 23.2 Å². The van der Waals surface area contributed by atoms with Crippen molar-refractivity contribution in [3.05, 3.63) is 65.2 Å². The second-order valence-corrected chi connectivity index (χ2v) is 6.35. The van der Waals surface area contributed by atoms with Crippen LogP contribution in [0.25, 0.3) is 0 Å². The zero-order valence-corrected chi connectivity index (χ0v) is 14.3. The first kappa shape index (κ1) is 17.0. The van der Waals surface area contributed by atoms with Gasteiger partial charge in [0.1, 0.15) is 0 Å². The number of carbonyl (C=O) groups is 1. The third-order valence-corrected chi connectivity index (χ3v) is 4.65. The summed E-state index contributed by atoms with van der Waals surface area (Å²) in [5.74, 6) is 0.0395. The van der Waals surface area contributed by atoms with Gasteiger partial charge in [0.25, 0.3) is 0 Å². The van der Waals surface area contributed by atoms with E-state index < -0.39 is 0 Å². The fourth-order valence-electron chi connectivity index (χ4n) is 3.06. The molecule has 3 rings (SSSR count). The number of nitrogens with one attached hydrogen (secondary N) is 2. The minimum atomic E-state index is 0.0395. The highest BCUT2D eigenvalue weighted by molar-refractivity contribution is 6.31. The van der Waals surface area contributed by atoms with Crippen LogP contribution in [0.3, 0.4) is 0 Å². The number of piperazine rings is 1. The van der Waals surface area contributed by atoms with Crippen LogP contribution in [0.5, 0.6) is 0 Å². The molecular weight excluding hydrogens is 322 g/mol. The van der Waals surface area contributed by atoms with E-state index in [4.69, 9.17) is 11.6 Å². The molecule has 126 valence electrons. The summed E-state index contributed by atoms with van der Waals surface area (Å²) in [7, 11) is 0. The van der Waals surface area contributed by atoms with Gasteiger partial charge in [0.2, 0.25) is 5.91 Å². The highest BCUT2D eigenvalue weighted by atomic mass is 35.5. The maximum Gasteiger partial charge on any atom is 0.225 e. The van der Waals surface area contributed by atoms with Crippen molar-refractivity contribution in [1.82, 2.24) is 10.2 Å². The van der Waals surface area contributed by atoms with Gasteiger partial charge >= 0.3 is 0 Å². The van der Waals surface area contributed by atoms with Crippen LogP contribution in [0, 0.1) is 0 Å². The molecule has 0 aromatic heterocycles. The quantitative estimate of drug-likeness (QED) is 0.875. The molecule has 0 saturated carbocycles. The third kappa shape index (κ3) is 4.35. The van der Waals surface area contributed by atoms with Crippen LogP contribution >= 0.6 is 11.6 Å². The molecule has 1 aliphatic rings. The van der Waals surface area contributed by atoms with Gasteiger partial charge in [-0.05, 0) is 23.8 Å². The van der Waals surface area contributed by atoms with Gasteiger partial charge in [0.15, 0.2) is 0 Å². The first-order valence-electron chi connectivity index (χ1n) is 8.28. The molecule has 5 heteroatoms. The Kier molecular flexibility index (Phi) is 5.86. The van der Waals surface area contributed by atoms with E-state index in [9.17, 15) is 4.79 Å². The zero-order valence-electron chi connectivity index (χ0n) is 13.5. The Morgan fingerprint density at radius 1 is 1.17 bits per heavy atom. The van der Waals surface area contributed by atoms with Crippen LogP contribution in [-0.4, -0.2) is 37.0 Å². The summed E-state index contributed by atoms with van der Waals surface area (Å²) in [6, 6.07) is 17.7. The van der Waals surface area contributed by atoms with Crippen LogP contribution in [0.15, 0.2) is 54.6 Å². The van der Waals surface area contributed by atoms with Gasteiger partial charge in [-0.1, -0.05) is 48.0 Å². The highest BCUT2D eigenvalue weighted by Crippen LogP contribution is 2.28. The predicted molar refractivity (Wildman–Crippen MR) is 98.3 cm³/mol. The van der Waals surface area contributed by atoms with Crippen molar-refractivity contribution in [1.29, 1.82) is 0 Å². The second kappa shape index (κ2) is 8.29. The number of anilines is 1. The van der Waals surface area contributed by atoms with E-state index in [0.717, 1.165) is 42.5 Å². The lowest BCUT2D eigenvalue weighted by Gasteiger charge is -2.36. The first-order valence-corrected chi connectivity index (χ1v) is 8.66. The highest BCUT2D eigenvalue weighted by Gasteiger charge is 2.25. The number of carbonyl (C=O) groups excluding carboxylic acids is 1. The fourth-order valence-corrected chi connectivity index (χ4v) is 3.32. The summed E-state index contributed by atoms with van der Waals surface area (Å²) < 4.78 is 0. The molecule has 2 N–H and O–H groups in total. The van der Waals surface area contributed by atoms with Crippen LogP contribution in [0.4, 0.5) is 5.69 Å². The average molecular weight is 344 g/mol. The first-order chi connectivity index (χ1) is 11.7. The van der Waals surface area contributed by atoms with Crippen LogP contribution < -0.4 is 10.6 Å². The Balaban J connectivity index is 1.60. The summed E-state index contributed by atoms with van der Waals surface area (Å²) in [6.45, 7) is 3.41. The molecule has 4 nitrogen and oxygen atoms in total. The fraction of sp³-hybridized carbons (Fsp3) is 0.316. The van der Waals surface area contributed by atoms with Gasteiger partial charge in [0, 0.05) is 49.4 Å². The molecular formula is C19H22ClN3O. The number of halogens is 1. The van der Waals surface area contributed by atoms with E-state index >= 15 is 0 Å².